The Morgan fingerprint density at radius 3 is 2.64 bits per heavy atom. The molecule has 0 saturated heterocycles. The number of nitrogens with zero attached hydrogens (tertiary/aromatic N) is 5. The van der Waals surface area contributed by atoms with Crippen LogP contribution in [0.1, 0.15) is 36.3 Å². The third-order valence-electron chi connectivity index (χ3n) is 5.15. The first-order chi connectivity index (χ1) is 15.5. The average molecular weight is 489 g/mol. The number of carbonyl (C=O) groups excluding carboxylic acids is 1. The predicted molar refractivity (Wildman–Crippen MR) is 124 cm³/mol. The Morgan fingerprint density at radius 1 is 1.24 bits per heavy atom. The number of ether oxygens (including phenoxy) is 1. The van der Waals surface area contributed by atoms with Crippen LogP contribution in [0.4, 0.5) is 0 Å². The van der Waals surface area contributed by atoms with Crippen LogP contribution in [0.25, 0.3) is 17.0 Å². The molecule has 0 radical (unpaired) electrons. The van der Waals surface area contributed by atoms with Crippen molar-refractivity contribution in [3.05, 3.63) is 46.8 Å². The summed E-state index contributed by atoms with van der Waals surface area (Å²) in [4.78, 5) is 21.3. The first kappa shape index (κ1) is 22.9. The number of hydrogen-bond acceptors (Lipinski definition) is 8. The molecule has 4 aromatic rings. The second-order valence-corrected chi connectivity index (χ2v) is 12.0. The molecule has 0 fully saturated rings. The highest BCUT2D eigenvalue weighted by molar-refractivity contribution is 7.92. The normalized spacial score (nSPS) is 12.3. The summed E-state index contributed by atoms with van der Waals surface area (Å²) in [5, 5.41) is 9.93. The van der Waals surface area contributed by atoms with E-state index in [1.165, 1.54) is 29.3 Å². The van der Waals surface area contributed by atoms with Crippen LogP contribution >= 0.6 is 11.3 Å². The Labute approximate surface area is 195 Å². The topological polar surface area (TPSA) is 120 Å². The van der Waals surface area contributed by atoms with Gasteiger partial charge in [0.25, 0.3) is 5.91 Å². The molecule has 4 heterocycles. The molecule has 1 amide bonds. The maximum Gasteiger partial charge on any atom is 0.269 e. The van der Waals surface area contributed by atoms with Crippen LogP contribution < -0.4 is 10.1 Å². The highest BCUT2D eigenvalue weighted by atomic mass is 32.2. The van der Waals surface area contributed by atoms with Crippen molar-refractivity contribution in [2.45, 2.75) is 37.0 Å². The number of rotatable bonds is 6. The van der Waals surface area contributed by atoms with Crippen molar-refractivity contribution in [2.75, 3.05) is 7.11 Å². The van der Waals surface area contributed by atoms with Gasteiger partial charge in [-0.3, -0.25) is 13.9 Å². The number of aryl methyl sites for hydroxylation is 1. The smallest absolute Gasteiger partial charge is 0.269 e. The van der Waals surface area contributed by atoms with Crippen LogP contribution in [-0.4, -0.2) is 50.3 Å². The number of fused-ring (bicyclic) bond motifs is 1. The molecular formula is C21H24N6O4S2. The van der Waals surface area contributed by atoms with Gasteiger partial charge in [0.15, 0.2) is 9.84 Å². The maximum atomic E-state index is 13.2. The van der Waals surface area contributed by atoms with Gasteiger partial charge >= 0.3 is 0 Å². The third-order valence-corrected chi connectivity index (χ3v) is 8.43. The molecule has 4 rings (SSSR count). The molecule has 0 atom stereocenters. The summed E-state index contributed by atoms with van der Waals surface area (Å²) in [5.41, 5.74) is 1.88. The molecule has 0 spiro atoms. The van der Waals surface area contributed by atoms with Gasteiger partial charge in [-0.25, -0.2) is 18.4 Å². The van der Waals surface area contributed by atoms with Crippen LogP contribution in [0.3, 0.4) is 0 Å². The Kier molecular flexibility index (Phi) is 5.74. The van der Waals surface area contributed by atoms with Crippen LogP contribution in [0.2, 0.25) is 0 Å². The van der Waals surface area contributed by atoms with Crippen molar-refractivity contribution in [3.8, 4) is 17.1 Å². The molecule has 4 aromatic heterocycles. The van der Waals surface area contributed by atoms with Crippen molar-refractivity contribution >= 4 is 32.7 Å². The zero-order valence-electron chi connectivity index (χ0n) is 18.9. The number of sulfone groups is 1. The summed E-state index contributed by atoms with van der Waals surface area (Å²) >= 11 is 1.46. The summed E-state index contributed by atoms with van der Waals surface area (Å²) < 4.78 is 33.8. The lowest BCUT2D eigenvalue weighted by Gasteiger charge is -2.21. The van der Waals surface area contributed by atoms with Gasteiger partial charge < -0.3 is 10.1 Å². The second-order valence-electron chi connectivity index (χ2n) is 8.34. The molecule has 0 unspecified atom stereocenters. The molecule has 10 nitrogen and oxygen atoms in total. The van der Waals surface area contributed by atoms with Crippen molar-refractivity contribution < 1.29 is 17.9 Å². The SMILES string of the molecule is COc1cc2ncc(-c3cc(C(=O)NCc4nccs4)n(C)n3)n2cc1S(=O)(=O)C(C)(C)C. The van der Waals surface area contributed by atoms with E-state index >= 15 is 0 Å². The van der Waals surface area contributed by atoms with Crippen molar-refractivity contribution in [2.24, 2.45) is 7.05 Å². The van der Waals surface area contributed by atoms with Crippen molar-refractivity contribution in [1.82, 2.24) is 29.5 Å². The number of thiazole rings is 1. The minimum Gasteiger partial charge on any atom is -0.495 e. The largest absolute Gasteiger partial charge is 0.495 e. The van der Waals surface area contributed by atoms with Gasteiger partial charge in [0, 0.05) is 30.9 Å². The number of carbonyl (C=O) groups is 1. The average Bonchev–Trinajstić information content (AvgIpc) is 3.49. The molecule has 1 N–H and O–H groups in total. The number of amides is 1. The van der Waals surface area contributed by atoms with Crippen LogP contribution in [0.15, 0.2) is 41.0 Å². The zero-order valence-corrected chi connectivity index (χ0v) is 20.5. The van der Waals surface area contributed by atoms with Gasteiger partial charge in [-0.2, -0.15) is 5.10 Å². The minimum absolute atomic E-state index is 0.0570. The summed E-state index contributed by atoms with van der Waals surface area (Å²) in [7, 11) is -0.608. The highest BCUT2D eigenvalue weighted by Gasteiger charge is 2.34. The lowest BCUT2D eigenvalue weighted by Crippen LogP contribution is -2.28. The van der Waals surface area contributed by atoms with Crippen molar-refractivity contribution in [1.29, 1.82) is 0 Å². The van der Waals surface area contributed by atoms with E-state index in [9.17, 15) is 13.2 Å². The van der Waals surface area contributed by atoms with Gasteiger partial charge in [-0.1, -0.05) is 0 Å². The van der Waals surface area contributed by atoms with E-state index in [1.54, 1.807) is 56.7 Å². The molecule has 0 aliphatic rings. The molecule has 0 aliphatic carbocycles. The molecule has 174 valence electrons. The third kappa shape index (κ3) is 4.11. The van der Waals surface area contributed by atoms with Crippen molar-refractivity contribution in [3.63, 3.8) is 0 Å². The van der Waals surface area contributed by atoms with Gasteiger partial charge in [-0.05, 0) is 26.8 Å². The van der Waals surface area contributed by atoms with Gasteiger partial charge in [-0.15, -0.1) is 11.3 Å². The van der Waals surface area contributed by atoms with E-state index in [0.717, 1.165) is 5.01 Å². The zero-order chi connectivity index (χ0) is 24.0. The first-order valence-electron chi connectivity index (χ1n) is 10.0. The Balaban J connectivity index is 1.74. The maximum absolute atomic E-state index is 13.2. The molecule has 0 saturated carbocycles. The monoisotopic (exact) mass is 488 g/mol. The minimum atomic E-state index is -3.70. The fourth-order valence-corrected chi connectivity index (χ4v) is 5.13. The fraction of sp³-hybridized carbons (Fsp3) is 0.333. The molecule has 0 bridgehead atoms. The molecular weight excluding hydrogens is 464 g/mol. The van der Waals surface area contributed by atoms with E-state index in [0.29, 0.717) is 29.3 Å². The van der Waals surface area contributed by atoms with E-state index in [-0.39, 0.29) is 16.6 Å². The van der Waals surface area contributed by atoms with Gasteiger partial charge in [0.2, 0.25) is 0 Å². The quantitative estimate of drug-likeness (QED) is 0.443. The molecule has 12 heteroatoms. The highest BCUT2D eigenvalue weighted by Crippen LogP contribution is 2.34. The lowest BCUT2D eigenvalue weighted by molar-refractivity contribution is 0.0941. The summed E-state index contributed by atoms with van der Waals surface area (Å²) in [5.74, 6) is -0.0733. The lowest BCUT2D eigenvalue weighted by atomic mass is 10.3. The van der Waals surface area contributed by atoms with Gasteiger partial charge in [0.1, 0.15) is 32.7 Å². The van der Waals surface area contributed by atoms with Crippen LogP contribution in [0.5, 0.6) is 5.75 Å². The number of aromatic nitrogens is 5. The summed E-state index contributed by atoms with van der Waals surface area (Å²) in [6.07, 6.45) is 4.76. The number of methoxy groups -OCH3 is 1. The number of nitrogens with one attached hydrogen (secondary N) is 1. The molecule has 0 aliphatic heterocycles. The Hall–Kier alpha value is -3.25. The Bertz CT molecular complexity index is 1430. The van der Waals surface area contributed by atoms with E-state index in [1.807, 2.05) is 5.38 Å². The number of pyridine rings is 1. The predicted octanol–water partition coefficient (Wildman–Crippen LogP) is 2.70. The number of imidazole rings is 1. The number of hydrogen-bond donors (Lipinski definition) is 1. The summed E-state index contributed by atoms with van der Waals surface area (Å²) in [6, 6.07) is 3.22. The van der Waals surface area contributed by atoms with E-state index < -0.39 is 14.6 Å². The van der Waals surface area contributed by atoms with E-state index in [4.69, 9.17) is 4.74 Å². The summed E-state index contributed by atoms with van der Waals surface area (Å²) in [6.45, 7) is 5.23. The molecule has 33 heavy (non-hydrogen) atoms. The first-order valence-corrected chi connectivity index (χ1v) is 12.4. The Morgan fingerprint density at radius 2 is 2.00 bits per heavy atom. The second kappa shape index (κ2) is 8.27. The van der Waals surface area contributed by atoms with Crippen LogP contribution in [0, 0.1) is 0 Å². The molecule has 0 aromatic carbocycles. The van der Waals surface area contributed by atoms with E-state index in [2.05, 4.69) is 20.4 Å². The standard InChI is InChI=1S/C21H24N6O4S2/c1-21(2,3)33(29,30)17-12-27-15(10-23-18(27)9-16(17)31-5)13-8-14(26(4)25-13)20(28)24-11-19-22-6-7-32-19/h6-10,12H,11H2,1-5H3,(H,24,28). The van der Waals surface area contributed by atoms with Crippen LogP contribution in [-0.2, 0) is 23.4 Å². The van der Waals surface area contributed by atoms with Gasteiger partial charge in [0.05, 0.1) is 30.3 Å². The fourth-order valence-electron chi connectivity index (χ4n) is 3.26.